The number of benzene rings is 3. The molecule has 0 saturated heterocycles. The van der Waals surface area contributed by atoms with Gasteiger partial charge in [-0.15, -0.1) is 0 Å². The van der Waals surface area contributed by atoms with Gasteiger partial charge < -0.3 is 34.4 Å². The first-order valence-electron chi connectivity index (χ1n) is 16.5. The summed E-state index contributed by atoms with van der Waals surface area (Å²) in [6, 6.07) is 18.9. The average molecular weight is 697 g/mol. The molecule has 1 aliphatic rings. The quantitative estimate of drug-likeness (QED) is 0.268. The highest BCUT2D eigenvalue weighted by atomic mass is 32.2. The minimum Gasteiger partial charge on any atom is -0.497 e. The number of methoxy groups -OCH3 is 1. The number of sulfonamides is 1. The Hall–Kier alpha value is -4.33. The Balaban J connectivity index is 1.63. The van der Waals surface area contributed by atoms with Crippen molar-refractivity contribution in [2.75, 3.05) is 50.5 Å². The van der Waals surface area contributed by atoms with Crippen LogP contribution in [0.25, 0.3) is 0 Å². The van der Waals surface area contributed by atoms with Crippen molar-refractivity contribution in [2.24, 2.45) is 5.92 Å². The van der Waals surface area contributed by atoms with Crippen LogP contribution in [-0.2, 0) is 14.8 Å². The number of ether oxygens (including phenoxy) is 3. The lowest BCUT2D eigenvalue weighted by Crippen LogP contribution is -2.48. The van der Waals surface area contributed by atoms with Crippen LogP contribution in [0.1, 0.15) is 50.4 Å². The van der Waals surface area contributed by atoms with Gasteiger partial charge in [0.15, 0.2) is 0 Å². The smallest absolute Gasteiger partial charge is 0.321 e. The van der Waals surface area contributed by atoms with E-state index in [1.54, 1.807) is 48.0 Å². The molecule has 0 fully saturated rings. The van der Waals surface area contributed by atoms with Crippen molar-refractivity contribution in [3.8, 4) is 11.5 Å². The van der Waals surface area contributed by atoms with Crippen LogP contribution in [0.4, 0.5) is 16.2 Å². The summed E-state index contributed by atoms with van der Waals surface area (Å²) in [5.74, 6) is 0.138. The minimum atomic E-state index is -4.00. The predicted octanol–water partition coefficient (Wildman–Crippen LogP) is 5.46. The fourth-order valence-electron chi connectivity index (χ4n) is 5.51. The lowest BCUT2D eigenvalue weighted by atomic mass is 10.0. The summed E-state index contributed by atoms with van der Waals surface area (Å²) < 4.78 is 46.8. The fourth-order valence-corrected chi connectivity index (χ4v) is 6.56. The lowest BCUT2D eigenvalue weighted by molar-refractivity contribution is -0.0115. The number of aliphatic hydroxyl groups excluding tert-OH is 1. The second-order valence-corrected chi connectivity index (χ2v) is 14.2. The van der Waals surface area contributed by atoms with Gasteiger partial charge in [-0.25, -0.2) is 13.2 Å². The normalized spacial score (nSPS) is 19.8. The Labute approximate surface area is 289 Å². The van der Waals surface area contributed by atoms with E-state index in [0.717, 1.165) is 12.8 Å². The number of aliphatic hydroxyl groups is 1. The second kappa shape index (κ2) is 17.4. The van der Waals surface area contributed by atoms with E-state index in [0.29, 0.717) is 30.2 Å². The van der Waals surface area contributed by atoms with Gasteiger partial charge in [0.1, 0.15) is 11.5 Å². The Morgan fingerprint density at radius 1 is 1.06 bits per heavy atom. The Morgan fingerprint density at radius 3 is 2.45 bits per heavy atom. The van der Waals surface area contributed by atoms with Crippen molar-refractivity contribution in [1.29, 1.82) is 0 Å². The number of amides is 3. The number of anilines is 2. The second-order valence-electron chi connectivity index (χ2n) is 12.5. The lowest BCUT2D eigenvalue weighted by Gasteiger charge is -2.35. The molecule has 12 nitrogen and oxygen atoms in total. The number of rotatable bonds is 9. The number of hydrogen-bond acceptors (Lipinski definition) is 8. The van der Waals surface area contributed by atoms with Gasteiger partial charge in [0.2, 0.25) is 0 Å². The molecule has 0 aromatic heterocycles. The number of likely N-dealkylation sites (N-methyl/N-ethyl adjacent to an activating group) is 1. The number of nitrogens with zero attached hydrogens (tertiary/aromatic N) is 2. The zero-order valence-electron chi connectivity index (χ0n) is 28.8. The number of para-hydroxylation sites is 1. The van der Waals surface area contributed by atoms with Crippen molar-refractivity contribution >= 4 is 33.3 Å². The highest BCUT2D eigenvalue weighted by Gasteiger charge is 2.31. The first kappa shape index (κ1) is 37.5. The van der Waals surface area contributed by atoms with Gasteiger partial charge in [-0.05, 0) is 87.7 Å². The topological polar surface area (TPSA) is 147 Å². The third-order valence-corrected chi connectivity index (χ3v) is 9.90. The van der Waals surface area contributed by atoms with E-state index in [4.69, 9.17) is 14.2 Å². The van der Waals surface area contributed by atoms with E-state index in [1.807, 2.05) is 44.2 Å². The summed E-state index contributed by atoms with van der Waals surface area (Å²) in [4.78, 5) is 30.6. The fraction of sp³-hybridized carbons (Fsp3) is 0.444. The molecule has 0 bridgehead atoms. The summed E-state index contributed by atoms with van der Waals surface area (Å²) in [6.07, 6.45) is 1.60. The molecule has 0 radical (unpaired) electrons. The van der Waals surface area contributed by atoms with Gasteiger partial charge in [0.25, 0.3) is 15.9 Å². The Kier molecular flexibility index (Phi) is 13.3. The van der Waals surface area contributed by atoms with E-state index < -0.39 is 28.1 Å². The molecule has 1 aliphatic heterocycles. The molecular weight excluding hydrogens is 648 g/mol. The number of nitrogens with one attached hydrogen (secondary N) is 2. The molecular formula is C36H48N4O8S. The maximum atomic E-state index is 14.4. The highest BCUT2D eigenvalue weighted by Crippen LogP contribution is 2.30. The van der Waals surface area contributed by atoms with Gasteiger partial charge in [0.05, 0.1) is 42.4 Å². The van der Waals surface area contributed by atoms with E-state index >= 15 is 0 Å². The van der Waals surface area contributed by atoms with Crippen LogP contribution in [0.2, 0.25) is 0 Å². The van der Waals surface area contributed by atoms with E-state index in [2.05, 4.69) is 10.0 Å². The summed E-state index contributed by atoms with van der Waals surface area (Å²) in [7, 11) is -0.803. The van der Waals surface area contributed by atoms with Gasteiger partial charge in [-0.1, -0.05) is 25.1 Å². The molecule has 13 heteroatoms. The first-order chi connectivity index (χ1) is 23.4. The van der Waals surface area contributed by atoms with Crippen LogP contribution in [0.3, 0.4) is 0 Å². The van der Waals surface area contributed by atoms with Gasteiger partial charge in [0, 0.05) is 44.0 Å². The maximum Gasteiger partial charge on any atom is 0.321 e. The molecule has 0 unspecified atom stereocenters. The summed E-state index contributed by atoms with van der Waals surface area (Å²) in [5, 5.41) is 13.1. The highest BCUT2D eigenvalue weighted by molar-refractivity contribution is 7.92. The monoisotopic (exact) mass is 696 g/mol. The molecule has 0 saturated carbocycles. The first-order valence-corrected chi connectivity index (χ1v) is 18.0. The third-order valence-electron chi connectivity index (χ3n) is 8.50. The van der Waals surface area contributed by atoms with Crippen LogP contribution in [0.15, 0.2) is 77.7 Å². The van der Waals surface area contributed by atoms with Crippen molar-refractivity contribution < 1.29 is 37.3 Å². The molecule has 1 heterocycles. The van der Waals surface area contributed by atoms with E-state index in [-0.39, 0.29) is 53.9 Å². The summed E-state index contributed by atoms with van der Waals surface area (Å²) in [6.45, 7) is 6.22. The Morgan fingerprint density at radius 2 is 1.78 bits per heavy atom. The Bertz CT molecular complexity index is 1640. The van der Waals surface area contributed by atoms with Crippen LogP contribution in [-0.4, -0.2) is 94.0 Å². The maximum absolute atomic E-state index is 14.4. The molecule has 4 rings (SSSR count). The summed E-state index contributed by atoms with van der Waals surface area (Å²) in [5.41, 5.74) is 1.01. The SMILES string of the molecule is COc1ccc(S(=O)(=O)Nc2ccc3c(c2)C(=O)N([C@H](C)CO)C[C@@H](C)[C@H](CN(C)C(=O)Nc2ccccc2)OCCCC[C@@H](C)O3)cc1. The van der Waals surface area contributed by atoms with Gasteiger partial charge in [-0.2, -0.15) is 0 Å². The van der Waals surface area contributed by atoms with Crippen LogP contribution >= 0.6 is 0 Å². The number of carbonyl (C=O) groups is 2. The van der Waals surface area contributed by atoms with Crippen LogP contribution in [0, 0.1) is 5.92 Å². The van der Waals surface area contributed by atoms with Crippen LogP contribution in [0.5, 0.6) is 11.5 Å². The molecule has 49 heavy (non-hydrogen) atoms. The van der Waals surface area contributed by atoms with Gasteiger partial charge in [-0.3, -0.25) is 9.52 Å². The number of urea groups is 1. The van der Waals surface area contributed by atoms with E-state index in [9.17, 15) is 23.1 Å². The van der Waals surface area contributed by atoms with Crippen molar-refractivity contribution in [3.63, 3.8) is 0 Å². The van der Waals surface area contributed by atoms with E-state index in [1.165, 1.54) is 25.3 Å². The number of hydrogen-bond donors (Lipinski definition) is 3. The zero-order valence-corrected chi connectivity index (χ0v) is 29.6. The molecule has 0 aliphatic carbocycles. The number of fused-ring (bicyclic) bond motifs is 1. The zero-order chi connectivity index (χ0) is 35.6. The van der Waals surface area contributed by atoms with Gasteiger partial charge >= 0.3 is 6.03 Å². The molecule has 0 spiro atoms. The molecule has 3 amide bonds. The molecule has 3 aromatic rings. The van der Waals surface area contributed by atoms with Crippen molar-refractivity contribution in [2.45, 2.75) is 63.2 Å². The van der Waals surface area contributed by atoms with Crippen LogP contribution < -0.4 is 19.5 Å². The minimum absolute atomic E-state index is 0.0300. The van der Waals surface area contributed by atoms with Crippen molar-refractivity contribution in [3.05, 3.63) is 78.4 Å². The third kappa shape index (κ3) is 10.3. The molecule has 3 N–H and O–H groups in total. The molecule has 266 valence electrons. The summed E-state index contributed by atoms with van der Waals surface area (Å²) >= 11 is 0. The molecule has 3 aromatic carbocycles. The molecule has 4 atom stereocenters. The standard InChI is InChI=1S/C36H48N4O8S/c1-25-22-40(26(2)24-41)35(42)32-21-29(38-49(44,45)31-17-15-30(46-5)16-18-31)14-19-33(32)48-27(3)11-9-10-20-47-34(25)23-39(4)36(43)37-28-12-7-6-8-13-28/h6-8,12-19,21,25-27,34,38,41H,9-11,20,22-24H2,1-5H3,(H,37,43)/t25-,26-,27-,34+/m1/s1. The number of carbonyl (C=O) groups excluding carboxylic acids is 2. The van der Waals surface area contributed by atoms with Crippen molar-refractivity contribution in [1.82, 2.24) is 9.80 Å². The average Bonchev–Trinajstić information content (AvgIpc) is 3.09. The largest absolute Gasteiger partial charge is 0.497 e. The predicted molar refractivity (Wildman–Crippen MR) is 189 cm³/mol.